The number of thioether (sulfide) groups is 1. The van der Waals surface area contributed by atoms with Gasteiger partial charge < -0.3 is 19.4 Å². The maximum Gasteiger partial charge on any atom is 0.230 e. The van der Waals surface area contributed by atoms with Gasteiger partial charge in [0.15, 0.2) is 17.1 Å². The van der Waals surface area contributed by atoms with Gasteiger partial charge in [-0.3, -0.25) is 4.79 Å². The SMILES string of the molecule is COc1ccc(OC(C)c2nnc(SCC(=O)NCc3ccc(Cl)cc3)n2CC(C)C)cc1. The Morgan fingerprint density at radius 2 is 1.73 bits per heavy atom. The van der Waals surface area contributed by atoms with E-state index in [0.29, 0.717) is 22.6 Å². The molecule has 1 aromatic heterocycles. The molecule has 2 aromatic carbocycles. The van der Waals surface area contributed by atoms with E-state index in [-0.39, 0.29) is 17.8 Å². The van der Waals surface area contributed by atoms with Crippen molar-refractivity contribution in [2.24, 2.45) is 5.92 Å². The van der Waals surface area contributed by atoms with Crippen molar-refractivity contribution < 1.29 is 14.3 Å². The molecule has 9 heteroatoms. The summed E-state index contributed by atoms with van der Waals surface area (Å²) in [4.78, 5) is 12.4. The Morgan fingerprint density at radius 3 is 2.36 bits per heavy atom. The van der Waals surface area contributed by atoms with Crippen LogP contribution in [0.15, 0.2) is 53.7 Å². The second-order valence-electron chi connectivity index (χ2n) is 7.97. The van der Waals surface area contributed by atoms with Crippen LogP contribution in [0.4, 0.5) is 0 Å². The van der Waals surface area contributed by atoms with E-state index >= 15 is 0 Å². The zero-order valence-corrected chi connectivity index (χ0v) is 20.8. The lowest BCUT2D eigenvalue weighted by molar-refractivity contribution is -0.118. The van der Waals surface area contributed by atoms with Gasteiger partial charge in [0, 0.05) is 18.1 Å². The molecule has 1 unspecified atom stereocenters. The molecule has 3 aromatic rings. The molecule has 1 atom stereocenters. The highest BCUT2D eigenvalue weighted by Crippen LogP contribution is 2.26. The summed E-state index contributed by atoms with van der Waals surface area (Å²) in [5, 5.41) is 13.0. The molecular weight excluding hydrogens is 460 g/mol. The van der Waals surface area contributed by atoms with Crippen LogP contribution in [0, 0.1) is 5.92 Å². The standard InChI is InChI=1S/C24H29ClN4O3S/c1-16(2)14-29-23(17(3)32-21-11-9-20(31-4)10-12-21)27-28-24(29)33-15-22(30)26-13-18-5-7-19(25)8-6-18/h5-12,16-17H,13-15H2,1-4H3,(H,26,30). The summed E-state index contributed by atoms with van der Waals surface area (Å²) < 4.78 is 13.3. The molecule has 0 saturated carbocycles. The number of rotatable bonds is 11. The number of halogens is 1. The lowest BCUT2D eigenvalue weighted by atomic mass is 10.2. The van der Waals surface area contributed by atoms with Gasteiger partial charge in [-0.05, 0) is 54.8 Å². The number of nitrogens with one attached hydrogen (secondary N) is 1. The molecular formula is C24H29ClN4O3S. The summed E-state index contributed by atoms with van der Waals surface area (Å²) in [7, 11) is 1.63. The molecule has 1 heterocycles. The van der Waals surface area contributed by atoms with Gasteiger partial charge in [-0.25, -0.2) is 0 Å². The fraction of sp³-hybridized carbons (Fsp3) is 0.375. The largest absolute Gasteiger partial charge is 0.497 e. The van der Waals surface area contributed by atoms with Gasteiger partial charge in [-0.1, -0.05) is 49.3 Å². The summed E-state index contributed by atoms with van der Waals surface area (Å²) in [6, 6.07) is 14.8. The van der Waals surface area contributed by atoms with E-state index in [2.05, 4.69) is 29.4 Å². The van der Waals surface area contributed by atoms with Crippen LogP contribution in [-0.4, -0.2) is 33.5 Å². The van der Waals surface area contributed by atoms with Crippen LogP contribution in [0.1, 0.15) is 38.3 Å². The first-order valence-corrected chi connectivity index (χ1v) is 12.1. The van der Waals surface area contributed by atoms with Crippen LogP contribution < -0.4 is 14.8 Å². The van der Waals surface area contributed by atoms with Crippen molar-refractivity contribution in [1.29, 1.82) is 0 Å². The lowest BCUT2D eigenvalue weighted by Crippen LogP contribution is -2.24. The van der Waals surface area contributed by atoms with Gasteiger partial charge in [-0.2, -0.15) is 0 Å². The van der Waals surface area contributed by atoms with Crippen LogP contribution in [0.5, 0.6) is 11.5 Å². The normalized spacial score (nSPS) is 11.9. The molecule has 176 valence electrons. The Bertz CT molecular complexity index is 1040. The molecule has 1 N–H and O–H groups in total. The van der Waals surface area contributed by atoms with Crippen molar-refractivity contribution >= 4 is 29.3 Å². The van der Waals surface area contributed by atoms with Crippen molar-refractivity contribution in [2.45, 2.75) is 45.1 Å². The molecule has 3 rings (SSSR count). The quantitative estimate of drug-likeness (QED) is 0.376. The first-order chi connectivity index (χ1) is 15.9. The van der Waals surface area contributed by atoms with Crippen molar-refractivity contribution in [2.75, 3.05) is 12.9 Å². The topological polar surface area (TPSA) is 78.3 Å². The minimum absolute atomic E-state index is 0.0712. The Kier molecular flexibility index (Phi) is 9.03. The number of hydrogen-bond donors (Lipinski definition) is 1. The highest BCUT2D eigenvalue weighted by Gasteiger charge is 2.21. The molecule has 0 radical (unpaired) electrons. The fourth-order valence-corrected chi connectivity index (χ4v) is 4.05. The Balaban J connectivity index is 1.62. The van der Waals surface area contributed by atoms with E-state index in [1.54, 1.807) is 7.11 Å². The third-order valence-electron chi connectivity index (χ3n) is 4.76. The number of aromatic nitrogens is 3. The number of hydrogen-bond acceptors (Lipinski definition) is 6. The van der Waals surface area contributed by atoms with Crippen molar-refractivity contribution in [3.8, 4) is 11.5 Å². The predicted molar refractivity (Wildman–Crippen MR) is 131 cm³/mol. The van der Waals surface area contributed by atoms with Crippen LogP contribution in [0.2, 0.25) is 5.02 Å². The van der Waals surface area contributed by atoms with Gasteiger partial charge >= 0.3 is 0 Å². The van der Waals surface area contributed by atoms with E-state index in [1.165, 1.54) is 11.8 Å². The van der Waals surface area contributed by atoms with E-state index in [4.69, 9.17) is 21.1 Å². The number of methoxy groups -OCH3 is 1. The summed E-state index contributed by atoms with van der Waals surface area (Å²) in [6.07, 6.45) is -0.308. The third kappa shape index (κ3) is 7.40. The Morgan fingerprint density at radius 1 is 1.06 bits per heavy atom. The third-order valence-corrected chi connectivity index (χ3v) is 5.98. The summed E-state index contributed by atoms with van der Waals surface area (Å²) in [5.74, 6) is 2.77. The van der Waals surface area contributed by atoms with E-state index in [1.807, 2.05) is 60.0 Å². The highest BCUT2D eigenvalue weighted by molar-refractivity contribution is 7.99. The molecule has 0 fully saturated rings. The predicted octanol–water partition coefficient (Wildman–Crippen LogP) is 5.14. The molecule has 0 spiro atoms. The average Bonchev–Trinajstić information content (AvgIpc) is 3.19. The van der Waals surface area contributed by atoms with E-state index < -0.39 is 0 Å². The maximum atomic E-state index is 12.4. The van der Waals surface area contributed by atoms with Crippen molar-refractivity contribution in [1.82, 2.24) is 20.1 Å². The van der Waals surface area contributed by atoms with Crippen molar-refractivity contribution in [3.63, 3.8) is 0 Å². The van der Waals surface area contributed by atoms with E-state index in [0.717, 1.165) is 29.4 Å². The van der Waals surface area contributed by atoms with Crippen LogP contribution in [0.25, 0.3) is 0 Å². The number of ether oxygens (including phenoxy) is 2. The number of amides is 1. The molecule has 1 amide bonds. The van der Waals surface area contributed by atoms with Gasteiger partial charge in [0.2, 0.25) is 5.91 Å². The van der Waals surface area contributed by atoms with Crippen LogP contribution in [-0.2, 0) is 17.9 Å². The second-order valence-corrected chi connectivity index (χ2v) is 9.35. The fourth-order valence-electron chi connectivity index (χ4n) is 3.14. The smallest absolute Gasteiger partial charge is 0.230 e. The summed E-state index contributed by atoms with van der Waals surface area (Å²) in [6.45, 7) is 7.39. The Hall–Kier alpha value is -2.71. The monoisotopic (exact) mass is 488 g/mol. The Labute approximate surface area is 203 Å². The zero-order valence-electron chi connectivity index (χ0n) is 19.2. The maximum absolute atomic E-state index is 12.4. The average molecular weight is 489 g/mol. The summed E-state index contributed by atoms with van der Waals surface area (Å²) >= 11 is 7.27. The number of carbonyl (C=O) groups excluding carboxylic acids is 1. The molecule has 0 bridgehead atoms. The minimum atomic E-state index is -0.308. The van der Waals surface area contributed by atoms with Gasteiger partial charge in [0.25, 0.3) is 0 Å². The molecule has 33 heavy (non-hydrogen) atoms. The first-order valence-electron chi connectivity index (χ1n) is 10.7. The lowest BCUT2D eigenvalue weighted by Gasteiger charge is -2.18. The molecule has 7 nitrogen and oxygen atoms in total. The zero-order chi connectivity index (χ0) is 23.8. The van der Waals surface area contributed by atoms with E-state index in [9.17, 15) is 4.79 Å². The van der Waals surface area contributed by atoms with Crippen LogP contribution >= 0.6 is 23.4 Å². The number of benzene rings is 2. The highest BCUT2D eigenvalue weighted by atomic mass is 35.5. The van der Waals surface area contributed by atoms with Gasteiger partial charge in [0.1, 0.15) is 11.5 Å². The van der Waals surface area contributed by atoms with Gasteiger partial charge in [-0.15, -0.1) is 10.2 Å². The van der Waals surface area contributed by atoms with Gasteiger partial charge in [0.05, 0.1) is 12.9 Å². The minimum Gasteiger partial charge on any atom is -0.497 e. The molecule has 0 aliphatic rings. The van der Waals surface area contributed by atoms with Crippen LogP contribution in [0.3, 0.4) is 0 Å². The molecule has 0 saturated heterocycles. The number of carbonyl (C=O) groups is 1. The summed E-state index contributed by atoms with van der Waals surface area (Å²) in [5.41, 5.74) is 0.993. The molecule has 0 aliphatic heterocycles. The second kappa shape index (κ2) is 12.0. The first kappa shape index (κ1) is 24.9. The van der Waals surface area contributed by atoms with Crippen molar-refractivity contribution in [3.05, 3.63) is 64.9 Å². The number of nitrogens with zero attached hydrogens (tertiary/aromatic N) is 3. The molecule has 0 aliphatic carbocycles.